The first kappa shape index (κ1) is 18.9. The number of aliphatic carboxylic acids is 1. The van der Waals surface area contributed by atoms with Gasteiger partial charge in [-0.1, -0.05) is 18.2 Å². The number of carbonyl (C=O) groups is 1. The molecule has 0 heterocycles. The lowest BCUT2D eigenvalue weighted by atomic mass is 9.82. The number of allylic oxidation sites excluding steroid dienone is 1. The van der Waals surface area contributed by atoms with E-state index >= 15 is 0 Å². The average Bonchev–Trinajstić information content (AvgIpc) is 2.59. The second-order valence-electron chi connectivity index (χ2n) is 6.67. The molecule has 2 rings (SSSR count). The minimum Gasteiger partial charge on any atom is -0.481 e. The van der Waals surface area contributed by atoms with Crippen LogP contribution in [0.1, 0.15) is 44.2 Å². The third kappa shape index (κ3) is 4.14. The Bertz CT molecular complexity index is 721. The summed E-state index contributed by atoms with van der Waals surface area (Å²) in [5, 5.41) is 20.9. The molecular weight excluding hydrogens is 322 g/mol. The predicted octanol–water partition coefficient (Wildman–Crippen LogP) is 4.10. The molecule has 1 aliphatic rings. The fraction of sp³-hybridized carbons (Fsp3) is 0.421. The Kier molecular flexibility index (Phi) is 5.74. The number of nitrogens with zero attached hydrogens (tertiary/aromatic N) is 1. The predicted molar refractivity (Wildman–Crippen MR) is 95.5 cm³/mol. The second kappa shape index (κ2) is 7.61. The molecule has 0 saturated heterocycles. The molecule has 6 heteroatoms. The lowest BCUT2D eigenvalue weighted by molar-refractivity contribution is -0.385. The molecule has 1 unspecified atom stereocenters. The van der Waals surface area contributed by atoms with Gasteiger partial charge in [0.1, 0.15) is 0 Å². The van der Waals surface area contributed by atoms with Gasteiger partial charge in [0.25, 0.3) is 5.69 Å². The molecule has 0 amide bonds. The number of nitro groups is 1. The molecule has 0 bridgehead atoms. The van der Waals surface area contributed by atoms with Gasteiger partial charge in [-0.3, -0.25) is 14.9 Å². The molecule has 1 aromatic carbocycles. The first-order valence-corrected chi connectivity index (χ1v) is 8.21. The highest BCUT2D eigenvalue weighted by atomic mass is 16.6. The van der Waals surface area contributed by atoms with Crippen molar-refractivity contribution in [3.63, 3.8) is 0 Å². The van der Waals surface area contributed by atoms with E-state index in [9.17, 15) is 20.0 Å². The van der Waals surface area contributed by atoms with Crippen molar-refractivity contribution in [2.24, 2.45) is 0 Å². The van der Waals surface area contributed by atoms with Crippen LogP contribution in [0, 0.1) is 10.1 Å². The fourth-order valence-electron chi connectivity index (χ4n) is 2.88. The zero-order valence-corrected chi connectivity index (χ0v) is 14.5. The van der Waals surface area contributed by atoms with Crippen LogP contribution in [-0.2, 0) is 14.9 Å². The van der Waals surface area contributed by atoms with Gasteiger partial charge in [0.2, 0.25) is 0 Å². The molecule has 1 atom stereocenters. The molecule has 0 aromatic heterocycles. The fourth-order valence-corrected chi connectivity index (χ4v) is 2.88. The maximum absolute atomic E-state index is 11.5. The molecule has 0 saturated carbocycles. The molecule has 1 N–H and O–H groups in total. The van der Waals surface area contributed by atoms with Gasteiger partial charge >= 0.3 is 5.97 Å². The van der Waals surface area contributed by atoms with Crippen LogP contribution in [0.4, 0.5) is 5.69 Å². The molecule has 0 fully saturated rings. The van der Waals surface area contributed by atoms with Crippen LogP contribution in [0.3, 0.4) is 0 Å². The van der Waals surface area contributed by atoms with Crippen molar-refractivity contribution in [2.45, 2.75) is 44.6 Å². The quantitative estimate of drug-likeness (QED) is 0.456. The Morgan fingerprint density at radius 2 is 2.24 bits per heavy atom. The van der Waals surface area contributed by atoms with Crippen molar-refractivity contribution >= 4 is 17.2 Å². The van der Waals surface area contributed by atoms with E-state index in [4.69, 9.17) is 4.74 Å². The van der Waals surface area contributed by atoms with E-state index in [0.29, 0.717) is 30.6 Å². The van der Waals surface area contributed by atoms with E-state index < -0.39 is 16.3 Å². The number of rotatable bonds is 7. The van der Waals surface area contributed by atoms with Crippen LogP contribution in [0.25, 0.3) is 5.57 Å². The molecule has 134 valence electrons. The van der Waals surface area contributed by atoms with E-state index in [-0.39, 0.29) is 11.8 Å². The summed E-state index contributed by atoms with van der Waals surface area (Å²) in [5.41, 5.74) is 0.637. The van der Waals surface area contributed by atoms with Crippen LogP contribution < -0.4 is 0 Å². The monoisotopic (exact) mass is 345 g/mol. The lowest BCUT2D eigenvalue weighted by Gasteiger charge is -2.23. The molecular formula is C19H23NO5. The molecule has 1 aromatic rings. The van der Waals surface area contributed by atoms with Crippen LogP contribution >= 0.6 is 0 Å². The van der Waals surface area contributed by atoms with Crippen molar-refractivity contribution in [2.75, 3.05) is 6.61 Å². The maximum atomic E-state index is 11.5. The standard InChI is InChI=1S/C19H23NO5/c1-4-11-25-15-8-5-13(6-9-15)16-10-7-14(12-17(16)20(23)24)19(2,3)18(21)22/h4-5,7,10,12,15H,1,6,8-9,11H2,2-3H3,(H,21,22). The summed E-state index contributed by atoms with van der Waals surface area (Å²) < 4.78 is 5.62. The summed E-state index contributed by atoms with van der Waals surface area (Å²) >= 11 is 0. The second-order valence-corrected chi connectivity index (χ2v) is 6.67. The highest BCUT2D eigenvalue weighted by molar-refractivity contribution is 5.82. The summed E-state index contributed by atoms with van der Waals surface area (Å²) in [5.74, 6) is -1.02. The van der Waals surface area contributed by atoms with Crippen LogP contribution in [0.5, 0.6) is 0 Å². The normalized spacial score (nSPS) is 17.7. The maximum Gasteiger partial charge on any atom is 0.313 e. The van der Waals surface area contributed by atoms with Gasteiger partial charge in [0.05, 0.1) is 28.6 Å². The third-order valence-corrected chi connectivity index (χ3v) is 4.61. The molecule has 6 nitrogen and oxygen atoms in total. The number of carboxylic acids is 1. The Labute approximate surface area is 147 Å². The summed E-state index contributed by atoms with van der Waals surface area (Å²) in [6, 6.07) is 4.71. The SMILES string of the molecule is C=CCOC1CC=C(c2ccc(C(C)(C)C(=O)O)cc2[N+](=O)[O-])CC1. The molecule has 0 aliphatic heterocycles. The van der Waals surface area contributed by atoms with Gasteiger partial charge in [0, 0.05) is 6.07 Å². The van der Waals surface area contributed by atoms with Crippen molar-refractivity contribution in [3.05, 3.63) is 58.2 Å². The highest BCUT2D eigenvalue weighted by Crippen LogP contribution is 2.36. The van der Waals surface area contributed by atoms with Crippen molar-refractivity contribution in [1.82, 2.24) is 0 Å². The molecule has 0 radical (unpaired) electrons. The van der Waals surface area contributed by atoms with Crippen LogP contribution in [0.2, 0.25) is 0 Å². The number of ether oxygens (including phenoxy) is 1. The average molecular weight is 345 g/mol. The van der Waals surface area contributed by atoms with Gasteiger partial charge in [-0.2, -0.15) is 0 Å². The van der Waals surface area contributed by atoms with E-state index in [1.807, 2.05) is 6.08 Å². The lowest BCUT2D eigenvalue weighted by Crippen LogP contribution is -2.28. The van der Waals surface area contributed by atoms with Crippen molar-refractivity contribution in [3.8, 4) is 0 Å². The number of benzene rings is 1. The van der Waals surface area contributed by atoms with E-state index in [0.717, 1.165) is 12.0 Å². The van der Waals surface area contributed by atoms with E-state index in [2.05, 4.69) is 6.58 Å². The Morgan fingerprint density at radius 3 is 2.76 bits per heavy atom. The zero-order valence-electron chi connectivity index (χ0n) is 14.5. The van der Waals surface area contributed by atoms with Crippen molar-refractivity contribution in [1.29, 1.82) is 0 Å². The van der Waals surface area contributed by atoms with E-state index in [1.54, 1.807) is 18.2 Å². The minimum atomic E-state index is -1.19. The van der Waals surface area contributed by atoms with Gasteiger partial charge in [-0.15, -0.1) is 6.58 Å². The van der Waals surface area contributed by atoms with Gasteiger partial charge in [0.15, 0.2) is 0 Å². The third-order valence-electron chi connectivity index (χ3n) is 4.61. The van der Waals surface area contributed by atoms with Crippen LogP contribution in [0.15, 0.2) is 36.9 Å². The highest BCUT2D eigenvalue weighted by Gasteiger charge is 2.32. The van der Waals surface area contributed by atoms with Gasteiger partial charge < -0.3 is 9.84 Å². The minimum absolute atomic E-state index is 0.0523. The molecule has 25 heavy (non-hydrogen) atoms. The smallest absolute Gasteiger partial charge is 0.313 e. The number of carboxylic acid groups (broad SMARTS) is 1. The van der Waals surface area contributed by atoms with Crippen LogP contribution in [-0.4, -0.2) is 28.7 Å². The van der Waals surface area contributed by atoms with Crippen molar-refractivity contribution < 1.29 is 19.6 Å². The Morgan fingerprint density at radius 1 is 1.52 bits per heavy atom. The first-order valence-electron chi connectivity index (χ1n) is 8.21. The number of hydrogen-bond donors (Lipinski definition) is 1. The van der Waals surface area contributed by atoms with E-state index in [1.165, 1.54) is 19.9 Å². The molecule has 1 aliphatic carbocycles. The zero-order chi connectivity index (χ0) is 18.6. The number of hydrogen-bond acceptors (Lipinski definition) is 4. The first-order chi connectivity index (χ1) is 11.8. The van der Waals surface area contributed by atoms with Gasteiger partial charge in [-0.25, -0.2) is 0 Å². The summed E-state index contributed by atoms with van der Waals surface area (Å²) in [6.07, 6.45) is 5.95. The largest absolute Gasteiger partial charge is 0.481 e. The summed E-state index contributed by atoms with van der Waals surface area (Å²) in [4.78, 5) is 22.5. The Hall–Kier alpha value is -2.47. The Balaban J connectivity index is 2.33. The number of nitro benzene ring substituents is 1. The topological polar surface area (TPSA) is 89.7 Å². The molecule has 0 spiro atoms. The summed E-state index contributed by atoms with van der Waals surface area (Å²) in [6.45, 7) is 7.19. The summed E-state index contributed by atoms with van der Waals surface area (Å²) in [7, 11) is 0. The van der Waals surface area contributed by atoms with Gasteiger partial charge in [-0.05, 0) is 50.3 Å².